The summed E-state index contributed by atoms with van der Waals surface area (Å²) in [5, 5.41) is 9.01. The van der Waals surface area contributed by atoms with E-state index in [1.165, 1.54) is 23.9 Å². The number of aliphatic hydroxyl groups is 1. The summed E-state index contributed by atoms with van der Waals surface area (Å²) in [6.07, 6.45) is -3.56. The topological polar surface area (TPSA) is 20.2 Å². The van der Waals surface area contributed by atoms with Gasteiger partial charge in [-0.15, -0.1) is 11.8 Å². The zero-order valence-electron chi connectivity index (χ0n) is 9.71. The minimum atomic E-state index is -4.37. The van der Waals surface area contributed by atoms with E-state index in [9.17, 15) is 13.2 Å². The lowest BCUT2D eigenvalue weighted by Crippen LogP contribution is -2.09. The number of halogens is 3. The van der Waals surface area contributed by atoms with E-state index in [4.69, 9.17) is 5.11 Å². The third-order valence-corrected chi connectivity index (χ3v) is 3.78. The molecular formula is C12H15F3OS. The summed E-state index contributed by atoms with van der Waals surface area (Å²) < 4.78 is 38.5. The molecule has 0 saturated heterocycles. The Balaban J connectivity index is 3.11. The molecule has 0 saturated carbocycles. The van der Waals surface area contributed by atoms with Gasteiger partial charge in [0.1, 0.15) is 0 Å². The Morgan fingerprint density at radius 2 is 2.00 bits per heavy atom. The maximum atomic E-state index is 12.8. The normalized spacial score (nSPS) is 13.8. The van der Waals surface area contributed by atoms with Crippen LogP contribution in [0, 0.1) is 0 Å². The van der Waals surface area contributed by atoms with Gasteiger partial charge < -0.3 is 5.11 Å². The van der Waals surface area contributed by atoms with Crippen LogP contribution in [0.2, 0.25) is 0 Å². The van der Waals surface area contributed by atoms with Gasteiger partial charge in [0.2, 0.25) is 0 Å². The third kappa shape index (κ3) is 3.92. The molecule has 1 aromatic carbocycles. The van der Waals surface area contributed by atoms with Crippen molar-refractivity contribution in [1.82, 2.24) is 0 Å². The van der Waals surface area contributed by atoms with Crippen molar-refractivity contribution in [2.45, 2.75) is 43.2 Å². The molecule has 17 heavy (non-hydrogen) atoms. The number of thioether (sulfide) groups is 1. The van der Waals surface area contributed by atoms with Gasteiger partial charge in [-0.2, -0.15) is 13.2 Å². The summed E-state index contributed by atoms with van der Waals surface area (Å²) in [6.45, 7) is 3.45. The van der Waals surface area contributed by atoms with Crippen LogP contribution >= 0.6 is 11.8 Å². The van der Waals surface area contributed by atoms with Gasteiger partial charge in [0.15, 0.2) is 0 Å². The van der Waals surface area contributed by atoms with Gasteiger partial charge in [-0.05, 0) is 24.1 Å². The predicted octanol–water partition coefficient (Wildman–Crippen LogP) is 4.09. The van der Waals surface area contributed by atoms with Crippen molar-refractivity contribution < 1.29 is 18.3 Å². The Bertz CT molecular complexity index is 377. The summed E-state index contributed by atoms with van der Waals surface area (Å²) in [5.41, 5.74) is -0.375. The molecule has 1 nitrogen and oxygen atoms in total. The van der Waals surface area contributed by atoms with Crippen molar-refractivity contribution in [3.63, 3.8) is 0 Å². The highest BCUT2D eigenvalue weighted by Crippen LogP contribution is 2.39. The van der Waals surface area contributed by atoms with E-state index in [-0.39, 0.29) is 22.3 Å². The highest BCUT2D eigenvalue weighted by molar-refractivity contribution is 8.00. The average Bonchev–Trinajstić information content (AvgIpc) is 2.28. The summed E-state index contributed by atoms with van der Waals surface area (Å²) in [6, 6.07) is 3.98. The summed E-state index contributed by atoms with van der Waals surface area (Å²) in [5.74, 6) is 0. The Morgan fingerprint density at radius 1 is 1.35 bits per heavy atom. The highest BCUT2D eigenvalue weighted by atomic mass is 32.2. The molecule has 0 aliphatic heterocycles. The largest absolute Gasteiger partial charge is 0.417 e. The van der Waals surface area contributed by atoms with Gasteiger partial charge in [-0.3, -0.25) is 0 Å². The quantitative estimate of drug-likeness (QED) is 0.827. The molecule has 0 heterocycles. The fourth-order valence-electron chi connectivity index (χ4n) is 1.30. The Hall–Kier alpha value is -0.680. The summed E-state index contributed by atoms with van der Waals surface area (Å²) >= 11 is 1.21. The van der Waals surface area contributed by atoms with Crippen LogP contribution in [0.15, 0.2) is 23.1 Å². The lowest BCUT2D eigenvalue weighted by molar-refractivity contribution is -0.139. The van der Waals surface area contributed by atoms with E-state index in [0.29, 0.717) is 0 Å². The van der Waals surface area contributed by atoms with Gasteiger partial charge in [-0.1, -0.05) is 19.9 Å². The van der Waals surface area contributed by atoms with Gasteiger partial charge in [0.05, 0.1) is 12.2 Å². The Kier molecular flexibility index (Phi) is 4.89. The van der Waals surface area contributed by atoms with Crippen molar-refractivity contribution in [3.8, 4) is 0 Å². The van der Waals surface area contributed by atoms with E-state index < -0.39 is 11.7 Å². The predicted molar refractivity (Wildman–Crippen MR) is 63.0 cm³/mol. The van der Waals surface area contributed by atoms with E-state index in [0.717, 1.165) is 12.5 Å². The molecule has 0 spiro atoms. The molecule has 1 unspecified atom stereocenters. The van der Waals surface area contributed by atoms with Gasteiger partial charge in [-0.25, -0.2) is 0 Å². The maximum Gasteiger partial charge on any atom is 0.417 e. The van der Waals surface area contributed by atoms with Gasteiger partial charge >= 0.3 is 6.18 Å². The van der Waals surface area contributed by atoms with Crippen molar-refractivity contribution in [1.29, 1.82) is 0 Å². The van der Waals surface area contributed by atoms with E-state index >= 15 is 0 Å². The monoisotopic (exact) mass is 264 g/mol. The van der Waals surface area contributed by atoms with Crippen molar-refractivity contribution in [3.05, 3.63) is 29.3 Å². The molecule has 0 amide bonds. The third-order valence-electron chi connectivity index (χ3n) is 2.44. The first-order chi connectivity index (χ1) is 7.88. The molecule has 1 N–H and O–H groups in total. The molecule has 1 aromatic rings. The second-order valence-corrected chi connectivity index (χ2v) is 5.30. The average molecular weight is 264 g/mol. The number of hydrogen-bond acceptors (Lipinski definition) is 2. The lowest BCUT2D eigenvalue weighted by atomic mass is 10.1. The molecule has 0 bridgehead atoms. The smallest absolute Gasteiger partial charge is 0.392 e. The number of rotatable bonds is 4. The zero-order valence-corrected chi connectivity index (χ0v) is 10.5. The second-order valence-electron chi connectivity index (χ2n) is 3.82. The summed E-state index contributed by atoms with van der Waals surface area (Å²) in [4.78, 5) is 0.226. The fraction of sp³-hybridized carbons (Fsp3) is 0.500. The Morgan fingerprint density at radius 3 is 2.47 bits per heavy atom. The van der Waals surface area contributed by atoms with Crippen LogP contribution in [0.3, 0.4) is 0 Å². The summed E-state index contributed by atoms with van der Waals surface area (Å²) in [7, 11) is 0. The van der Waals surface area contributed by atoms with Crippen LogP contribution in [-0.2, 0) is 12.8 Å². The first-order valence-corrected chi connectivity index (χ1v) is 6.24. The lowest BCUT2D eigenvalue weighted by Gasteiger charge is -2.16. The molecule has 0 aliphatic rings. The van der Waals surface area contributed by atoms with Crippen LogP contribution in [-0.4, -0.2) is 10.4 Å². The number of benzene rings is 1. The van der Waals surface area contributed by atoms with Crippen LogP contribution in [0.4, 0.5) is 13.2 Å². The van der Waals surface area contributed by atoms with E-state index in [1.807, 2.05) is 13.8 Å². The van der Waals surface area contributed by atoms with Crippen molar-refractivity contribution in [2.75, 3.05) is 0 Å². The SMILES string of the molecule is CCC(C)Sc1ccc(CO)cc1C(F)(F)F. The molecule has 96 valence electrons. The molecule has 5 heteroatoms. The number of hydrogen-bond donors (Lipinski definition) is 1. The van der Waals surface area contributed by atoms with E-state index in [2.05, 4.69) is 0 Å². The minimum absolute atomic E-state index is 0.135. The van der Waals surface area contributed by atoms with E-state index in [1.54, 1.807) is 0 Å². The minimum Gasteiger partial charge on any atom is -0.392 e. The van der Waals surface area contributed by atoms with Crippen LogP contribution in [0.5, 0.6) is 0 Å². The molecule has 0 fully saturated rings. The number of alkyl halides is 3. The standard InChI is InChI=1S/C12H15F3OS/c1-3-8(2)17-11-5-4-9(7-16)6-10(11)12(13,14)15/h4-6,8,16H,3,7H2,1-2H3. The zero-order chi connectivity index (χ0) is 13.1. The highest BCUT2D eigenvalue weighted by Gasteiger charge is 2.34. The first-order valence-electron chi connectivity index (χ1n) is 5.36. The molecule has 0 radical (unpaired) electrons. The van der Waals surface area contributed by atoms with Crippen molar-refractivity contribution >= 4 is 11.8 Å². The molecule has 0 aromatic heterocycles. The molecule has 1 atom stereocenters. The molecule has 1 rings (SSSR count). The maximum absolute atomic E-state index is 12.8. The van der Waals surface area contributed by atoms with Crippen LogP contribution in [0.1, 0.15) is 31.4 Å². The van der Waals surface area contributed by atoms with Crippen LogP contribution < -0.4 is 0 Å². The fourth-order valence-corrected chi connectivity index (χ4v) is 2.35. The number of aliphatic hydroxyl groups excluding tert-OH is 1. The first kappa shape index (κ1) is 14.4. The van der Waals surface area contributed by atoms with Crippen LogP contribution in [0.25, 0.3) is 0 Å². The molecule has 0 aliphatic carbocycles. The second kappa shape index (κ2) is 5.78. The molecular weight excluding hydrogens is 249 g/mol. The van der Waals surface area contributed by atoms with Gasteiger partial charge in [0.25, 0.3) is 0 Å². The van der Waals surface area contributed by atoms with Crippen molar-refractivity contribution in [2.24, 2.45) is 0 Å². The Labute approximate surface area is 103 Å². The van der Waals surface area contributed by atoms with Gasteiger partial charge in [0, 0.05) is 10.1 Å².